The summed E-state index contributed by atoms with van der Waals surface area (Å²) in [5.41, 5.74) is 3.92. The summed E-state index contributed by atoms with van der Waals surface area (Å²) in [6, 6.07) is 12.1. The third kappa shape index (κ3) is 4.15. The Hall–Kier alpha value is -2.36. The molecule has 1 aromatic heterocycles. The number of carbonyl (C=O) groups is 1. The van der Waals surface area contributed by atoms with Crippen LogP contribution < -0.4 is 0 Å². The number of rotatable bonds is 6. The lowest BCUT2D eigenvalue weighted by molar-refractivity contribution is -0.146. The minimum Gasteiger partial charge on any atom is -0.466 e. The monoisotopic (exact) mass is 396 g/mol. The number of benzene rings is 2. The van der Waals surface area contributed by atoms with E-state index in [2.05, 4.69) is 22.6 Å². The van der Waals surface area contributed by atoms with Crippen LogP contribution in [0.2, 0.25) is 0 Å². The van der Waals surface area contributed by atoms with Gasteiger partial charge in [-0.15, -0.1) is 11.8 Å². The Balaban J connectivity index is 2.01. The molecule has 0 radical (unpaired) electrons. The summed E-state index contributed by atoms with van der Waals surface area (Å²) in [4.78, 5) is 13.0. The van der Waals surface area contributed by atoms with Crippen LogP contribution in [0.4, 0.5) is 0 Å². The molecule has 3 aromatic rings. The number of ether oxygens (including phenoxy) is 1. The molecule has 1 atom stereocenters. The third-order valence-electron chi connectivity index (χ3n) is 4.29. The van der Waals surface area contributed by atoms with Crippen molar-refractivity contribution in [3.63, 3.8) is 0 Å². The molecule has 0 N–H and O–H groups in total. The summed E-state index contributed by atoms with van der Waals surface area (Å²) in [6.45, 7) is 6.13. The van der Waals surface area contributed by atoms with Crippen LogP contribution in [0.5, 0.6) is 0 Å². The van der Waals surface area contributed by atoms with E-state index in [1.807, 2.05) is 45.2 Å². The van der Waals surface area contributed by atoms with Crippen molar-refractivity contribution in [3.8, 4) is 17.2 Å². The number of fused-ring (bicyclic) bond motifs is 1. The summed E-state index contributed by atoms with van der Waals surface area (Å²) in [5.74, 6) is 0.299. The number of esters is 1. The second-order valence-corrected chi connectivity index (χ2v) is 8.15. The Kier molecular flexibility index (Phi) is 6.15. The molecular weight excluding hydrogens is 376 g/mol. The van der Waals surface area contributed by atoms with Gasteiger partial charge in [0.1, 0.15) is 0 Å². The van der Waals surface area contributed by atoms with Crippen molar-refractivity contribution >= 4 is 39.3 Å². The summed E-state index contributed by atoms with van der Waals surface area (Å²) in [6.07, 6.45) is 1.87. The van der Waals surface area contributed by atoms with Crippen LogP contribution in [0, 0.1) is 24.2 Å². The van der Waals surface area contributed by atoms with E-state index in [1.165, 1.54) is 11.5 Å². The zero-order valence-corrected chi connectivity index (χ0v) is 17.1. The van der Waals surface area contributed by atoms with Crippen LogP contribution in [0.25, 0.3) is 21.2 Å². The van der Waals surface area contributed by atoms with E-state index in [0.29, 0.717) is 17.9 Å². The van der Waals surface area contributed by atoms with Gasteiger partial charge in [0.25, 0.3) is 0 Å². The lowest BCUT2D eigenvalue weighted by Gasteiger charge is -2.15. The van der Waals surface area contributed by atoms with Gasteiger partial charge >= 0.3 is 5.97 Å². The number of aryl methyl sites for hydroxylation is 1. The molecule has 0 fully saturated rings. The second kappa shape index (κ2) is 8.55. The Labute approximate surface area is 167 Å². The molecule has 3 rings (SSSR count). The van der Waals surface area contributed by atoms with E-state index in [1.54, 1.807) is 11.8 Å². The van der Waals surface area contributed by atoms with Crippen molar-refractivity contribution < 1.29 is 9.53 Å². The van der Waals surface area contributed by atoms with Gasteiger partial charge in [0.15, 0.2) is 0 Å². The van der Waals surface area contributed by atoms with E-state index >= 15 is 0 Å². The van der Waals surface area contributed by atoms with Crippen LogP contribution in [-0.4, -0.2) is 22.7 Å². The van der Waals surface area contributed by atoms with Gasteiger partial charge in [-0.1, -0.05) is 19.1 Å². The Bertz CT molecular complexity index is 1020. The van der Waals surface area contributed by atoms with E-state index in [0.717, 1.165) is 31.7 Å². The van der Waals surface area contributed by atoms with Gasteiger partial charge in [0, 0.05) is 27.8 Å². The largest absolute Gasteiger partial charge is 0.466 e. The number of nitrogens with zero attached hydrogens (tertiary/aromatic N) is 2. The fourth-order valence-corrected chi connectivity index (χ4v) is 4.83. The summed E-state index contributed by atoms with van der Waals surface area (Å²) < 4.78 is 10.6. The summed E-state index contributed by atoms with van der Waals surface area (Å²) in [5, 5.41) is 10.3. The van der Waals surface area contributed by atoms with Crippen molar-refractivity contribution in [2.45, 2.75) is 25.7 Å². The first kappa shape index (κ1) is 19.4. The van der Waals surface area contributed by atoms with E-state index in [9.17, 15) is 4.79 Å². The van der Waals surface area contributed by atoms with Gasteiger partial charge in [0.05, 0.1) is 28.9 Å². The number of hydrogen-bond acceptors (Lipinski definition) is 6. The third-order valence-corrected chi connectivity index (χ3v) is 6.44. The van der Waals surface area contributed by atoms with Crippen molar-refractivity contribution in [2.24, 2.45) is 5.92 Å². The van der Waals surface area contributed by atoms with Crippen molar-refractivity contribution in [1.29, 1.82) is 5.26 Å². The van der Waals surface area contributed by atoms with Gasteiger partial charge in [-0.3, -0.25) is 4.79 Å². The summed E-state index contributed by atoms with van der Waals surface area (Å²) >= 11 is 3.12. The highest BCUT2D eigenvalue weighted by Gasteiger charge is 2.18. The zero-order valence-electron chi connectivity index (χ0n) is 15.5. The average Bonchev–Trinajstić information content (AvgIpc) is 3.14. The molecule has 0 amide bonds. The number of aromatic nitrogens is 1. The van der Waals surface area contributed by atoms with Crippen LogP contribution in [0.15, 0.2) is 41.4 Å². The highest BCUT2D eigenvalue weighted by atomic mass is 32.2. The lowest BCUT2D eigenvalue weighted by Crippen LogP contribution is -2.16. The number of hydrogen-bond donors (Lipinski definition) is 0. The molecule has 6 heteroatoms. The second-order valence-electron chi connectivity index (χ2n) is 6.29. The molecule has 1 unspecified atom stereocenters. The van der Waals surface area contributed by atoms with Gasteiger partial charge in [-0.05, 0) is 54.7 Å². The van der Waals surface area contributed by atoms with E-state index in [4.69, 9.17) is 10.00 Å². The molecule has 0 saturated heterocycles. The van der Waals surface area contributed by atoms with E-state index < -0.39 is 0 Å². The molecule has 0 bridgehead atoms. The molecule has 2 aromatic carbocycles. The quantitative estimate of drug-likeness (QED) is 0.410. The van der Waals surface area contributed by atoms with Crippen molar-refractivity contribution in [1.82, 2.24) is 4.37 Å². The Morgan fingerprint density at radius 1 is 1.37 bits per heavy atom. The Morgan fingerprint density at radius 2 is 2.19 bits per heavy atom. The van der Waals surface area contributed by atoms with Gasteiger partial charge in [-0.25, -0.2) is 0 Å². The minimum absolute atomic E-state index is 0.167. The maximum Gasteiger partial charge on any atom is 0.309 e. The van der Waals surface area contributed by atoms with Gasteiger partial charge in [0.2, 0.25) is 0 Å². The first-order valence-corrected chi connectivity index (χ1v) is 10.5. The molecule has 1 heterocycles. The van der Waals surface area contributed by atoms with Crippen molar-refractivity contribution in [2.75, 3.05) is 12.4 Å². The van der Waals surface area contributed by atoms with Crippen LogP contribution in [-0.2, 0) is 9.53 Å². The predicted octanol–water partition coefficient (Wildman–Crippen LogP) is 5.43. The highest BCUT2D eigenvalue weighted by Crippen LogP contribution is 2.41. The zero-order chi connectivity index (χ0) is 19.4. The minimum atomic E-state index is -0.179. The fourth-order valence-electron chi connectivity index (χ4n) is 2.87. The standard InChI is InChI=1S/C21H20N2O2S2/c1-4-25-21(24)14(3)12-26-18-8-6-16-11-23-27-20(16)19(18)17-7-5-15(10-22)9-13(17)2/h5-9,11,14H,4,12H2,1-3H3. The van der Waals surface area contributed by atoms with E-state index in [-0.39, 0.29) is 11.9 Å². The smallest absolute Gasteiger partial charge is 0.309 e. The van der Waals surface area contributed by atoms with Gasteiger partial charge in [-0.2, -0.15) is 9.64 Å². The molecule has 0 saturated carbocycles. The molecule has 0 aliphatic carbocycles. The number of nitriles is 1. The number of carbonyl (C=O) groups excluding carboxylic acids is 1. The molecular formula is C21H20N2O2S2. The molecule has 0 aliphatic rings. The number of thioether (sulfide) groups is 1. The molecule has 138 valence electrons. The molecule has 4 nitrogen and oxygen atoms in total. The van der Waals surface area contributed by atoms with Crippen LogP contribution in [0.3, 0.4) is 0 Å². The fraction of sp³-hybridized carbons (Fsp3) is 0.286. The summed E-state index contributed by atoms with van der Waals surface area (Å²) in [7, 11) is 0. The van der Waals surface area contributed by atoms with Gasteiger partial charge < -0.3 is 4.74 Å². The topological polar surface area (TPSA) is 63.0 Å². The maximum absolute atomic E-state index is 11.9. The SMILES string of the molecule is CCOC(=O)C(C)CSc1ccc2cnsc2c1-c1ccc(C#N)cc1C. The lowest BCUT2D eigenvalue weighted by atomic mass is 9.98. The average molecular weight is 397 g/mol. The first-order valence-electron chi connectivity index (χ1n) is 8.73. The normalized spacial score (nSPS) is 11.9. The highest BCUT2D eigenvalue weighted by molar-refractivity contribution is 7.99. The van der Waals surface area contributed by atoms with Crippen LogP contribution >= 0.6 is 23.3 Å². The first-order chi connectivity index (χ1) is 13.0. The maximum atomic E-state index is 11.9. The van der Waals surface area contributed by atoms with Crippen molar-refractivity contribution in [3.05, 3.63) is 47.7 Å². The molecule has 27 heavy (non-hydrogen) atoms. The molecule has 0 spiro atoms. The van der Waals surface area contributed by atoms with Crippen LogP contribution in [0.1, 0.15) is 25.0 Å². The predicted molar refractivity (Wildman–Crippen MR) is 111 cm³/mol. The molecule has 0 aliphatic heterocycles. The Morgan fingerprint density at radius 3 is 2.89 bits per heavy atom.